The monoisotopic (exact) mass is 1030 g/mol. The first kappa shape index (κ1) is 61.8. The van der Waals surface area contributed by atoms with Gasteiger partial charge in [0.15, 0.2) is 12.4 Å². The molecular weight excluding hydrogens is 989 g/mol. The van der Waals surface area contributed by atoms with Crippen molar-refractivity contribution in [2.45, 2.75) is 89.2 Å². The molecule has 1 unspecified atom stereocenters. The van der Waals surface area contributed by atoms with Gasteiger partial charge in [0, 0.05) is 29.7 Å². The number of halogens is 13. The molecule has 0 aromatic heterocycles. The molecule has 4 aromatic carbocycles. The van der Waals surface area contributed by atoms with Crippen LogP contribution < -0.4 is 10.1 Å². The fourth-order valence-electron chi connectivity index (χ4n) is 5.06. The zero-order valence-corrected chi connectivity index (χ0v) is 37.4. The third kappa shape index (κ3) is 17.3. The van der Waals surface area contributed by atoms with Crippen LogP contribution in [-0.4, -0.2) is 98.4 Å². The Morgan fingerprint density at radius 3 is 1.52 bits per heavy atom. The molecule has 390 valence electrons. The molecule has 0 spiro atoms. The second-order valence-electron chi connectivity index (χ2n) is 15.1. The van der Waals surface area contributed by atoms with Crippen molar-refractivity contribution in [1.29, 1.82) is 0 Å². The Hall–Kier alpha value is -7.21. The van der Waals surface area contributed by atoms with Gasteiger partial charge in [-0.05, 0) is 79.4 Å². The fraction of sp³-hybridized carbons (Fsp3) is 0.348. The Bertz CT molecular complexity index is 2450. The summed E-state index contributed by atoms with van der Waals surface area (Å²) in [5.74, 6) is -41.9. The highest BCUT2D eigenvalue weighted by Gasteiger charge is 2.90. The van der Waals surface area contributed by atoms with Crippen LogP contribution in [0.3, 0.4) is 0 Å². The predicted molar refractivity (Wildman–Crippen MR) is 226 cm³/mol. The van der Waals surface area contributed by atoms with Gasteiger partial charge >= 0.3 is 59.7 Å². The van der Waals surface area contributed by atoms with E-state index in [0.717, 1.165) is 17.5 Å². The highest BCUT2D eigenvalue weighted by atomic mass is 19.4. The molecule has 0 aliphatic carbocycles. The molecule has 25 heteroatoms. The minimum absolute atomic E-state index is 0.108. The van der Waals surface area contributed by atoms with Crippen molar-refractivity contribution in [3.63, 3.8) is 0 Å². The summed E-state index contributed by atoms with van der Waals surface area (Å²) in [5.41, 5.74) is 4.01. The van der Waals surface area contributed by atoms with Crippen molar-refractivity contribution < 1.29 is 111 Å². The Kier molecular flexibility index (Phi) is 22.3. The lowest BCUT2D eigenvalue weighted by Gasteiger charge is -2.39. The Balaban J connectivity index is 0.000000498. The Labute approximate surface area is 395 Å². The second kappa shape index (κ2) is 25.6. The van der Waals surface area contributed by atoms with Crippen molar-refractivity contribution in [2.24, 2.45) is 5.92 Å². The van der Waals surface area contributed by atoms with E-state index in [4.69, 9.17) is 25.2 Å². The molecule has 0 radical (unpaired) electrons. The van der Waals surface area contributed by atoms with Gasteiger partial charge in [-0.25, -0.2) is 9.59 Å². The number of benzene rings is 4. The van der Waals surface area contributed by atoms with Crippen LogP contribution in [0, 0.1) is 19.8 Å². The number of nitrogens with one attached hydrogen (secondary N) is 1. The zero-order valence-electron chi connectivity index (χ0n) is 37.4. The summed E-state index contributed by atoms with van der Waals surface area (Å²) in [4.78, 5) is 65.3. The first-order chi connectivity index (χ1) is 32.5. The van der Waals surface area contributed by atoms with E-state index in [1.807, 2.05) is 52.0 Å². The summed E-state index contributed by atoms with van der Waals surface area (Å²) < 4.78 is 169. The number of hydrogen-bond acceptors (Lipinski definition) is 7. The maximum Gasteiger partial charge on any atom is 0.460 e. The normalized spacial score (nSPS) is 12.2. The van der Waals surface area contributed by atoms with Crippen molar-refractivity contribution in [2.75, 3.05) is 11.9 Å². The van der Waals surface area contributed by atoms with E-state index >= 15 is 0 Å². The maximum atomic E-state index is 13.0. The largest absolute Gasteiger partial charge is 0.484 e. The highest BCUT2D eigenvalue weighted by molar-refractivity contribution is 6.09. The molecule has 5 N–H and O–H groups in total. The van der Waals surface area contributed by atoms with Crippen LogP contribution in [0.2, 0.25) is 0 Å². The van der Waals surface area contributed by atoms with E-state index in [-0.39, 0.29) is 29.4 Å². The van der Waals surface area contributed by atoms with Gasteiger partial charge in [-0.2, -0.15) is 57.1 Å². The Morgan fingerprint density at radius 2 is 1.07 bits per heavy atom. The van der Waals surface area contributed by atoms with E-state index in [2.05, 4.69) is 5.32 Å². The van der Waals surface area contributed by atoms with Gasteiger partial charge in [0.2, 0.25) is 0 Å². The number of amides is 1. The lowest BCUT2D eigenvalue weighted by atomic mass is 9.92. The molecule has 0 fully saturated rings. The van der Waals surface area contributed by atoms with Gasteiger partial charge in [-0.3, -0.25) is 19.2 Å². The topological polar surface area (TPSA) is 205 Å². The molecule has 1 amide bonds. The number of rotatable bonds is 18. The third-order valence-electron chi connectivity index (χ3n) is 9.54. The van der Waals surface area contributed by atoms with Crippen molar-refractivity contribution in [1.82, 2.24) is 0 Å². The Morgan fingerprint density at radius 1 is 0.563 bits per heavy atom. The molecule has 0 bridgehead atoms. The highest BCUT2D eigenvalue weighted by Crippen LogP contribution is 2.60. The maximum absolute atomic E-state index is 13.0. The zero-order chi connectivity index (χ0) is 54.9. The number of anilines is 1. The van der Waals surface area contributed by atoms with Gasteiger partial charge in [0.25, 0.3) is 5.91 Å². The van der Waals surface area contributed by atoms with Crippen molar-refractivity contribution in [3.8, 4) is 5.75 Å². The van der Waals surface area contributed by atoms with E-state index in [1.54, 1.807) is 36.4 Å². The minimum Gasteiger partial charge on any atom is -0.484 e. The predicted octanol–water partition coefficient (Wildman–Crippen LogP) is 11.7. The first-order valence-corrected chi connectivity index (χ1v) is 20.1. The molecule has 0 saturated carbocycles. The van der Waals surface area contributed by atoms with E-state index in [1.165, 1.54) is 36.4 Å². The number of carboxylic acids is 4. The lowest BCUT2D eigenvalue weighted by Crippen LogP contribution is -2.70. The summed E-state index contributed by atoms with van der Waals surface area (Å²) in [6, 6.07) is 26.4. The second-order valence-corrected chi connectivity index (χ2v) is 15.1. The van der Waals surface area contributed by atoms with Crippen molar-refractivity contribution in [3.05, 3.63) is 130 Å². The SMILES string of the molecule is CCC(C)CC(=O)O.Cc1ccc(OCC(=O)Nc2ccc(C(=O)O)cc2)cc1C.O=C(O)CCC(F)(F)C(F)(F)C(F)(F)C(F)(F)C(F)(F)C(F)(F)F.O=C(O)c1cccc(C(=O)c2ccccc2)c1. The molecule has 0 saturated heterocycles. The molecule has 12 nitrogen and oxygen atoms in total. The number of carboxylic acid groups (broad SMARTS) is 4. The number of carbonyl (C=O) groups is 6. The van der Waals surface area contributed by atoms with Crippen LogP contribution >= 0.6 is 0 Å². The van der Waals surface area contributed by atoms with Crippen LogP contribution in [0.25, 0.3) is 0 Å². The van der Waals surface area contributed by atoms with Gasteiger partial charge in [0.1, 0.15) is 5.75 Å². The van der Waals surface area contributed by atoms with Gasteiger partial charge < -0.3 is 30.5 Å². The van der Waals surface area contributed by atoms with Crippen LogP contribution in [0.4, 0.5) is 62.8 Å². The number of carbonyl (C=O) groups excluding carboxylic acids is 2. The van der Waals surface area contributed by atoms with E-state index in [9.17, 15) is 85.8 Å². The number of ether oxygens (including phenoxy) is 1. The summed E-state index contributed by atoms with van der Waals surface area (Å²) in [7, 11) is 0. The van der Waals surface area contributed by atoms with Gasteiger partial charge in [-0.1, -0.05) is 68.8 Å². The van der Waals surface area contributed by atoms with E-state index in [0.29, 0.717) is 34.9 Å². The van der Waals surface area contributed by atoms with Crippen molar-refractivity contribution >= 4 is 41.3 Å². The average molecular weight is 1030 g/mol. The number of aryl methyl sites for hydroxylation is 2. The first-order valence-electron chi connectivity index (χ1n) is 20.1. The summed E-state index contributed by atoms with van der Waals surface area (Å²) >= 11 is 0. The lowest BCUT2D eigenvalue weighted by molar-refractivity contribution is -0.440. The van der Waals surface area contributed by atoms with Crippen LogP contribution in [0.5, 0.6) is 5.75 Å². The summed E-state index contributed by atoms with van der Waals surface area (Å²) in [5, 5.41) is 36.5. The number of alkyl halides is 13. The molecule has 0 aliphatic rings. The minimum atomic E-state index is -7.96. The molecule has 71 heavy (non-hydrogen) atoms. The third-order valence-corrected chi connectivity index (χ3v) is 9.54. The number of ketones is 1. The molecule has 0 aliphatic heterocycles. The molecule has 1 atom stereocenters. The quantitative estimate of drug-likeness (QED) is 0.0468. The van der Waals surface area contributed by atoms with Crippen LogP contribution in [0.1, 0.15) is 87.3 Å². The van der Waals surface area contributed by atoms with Crippen LogP contribution in [-0.2, 0) is 14.4 Å². The van der Waals surface area contributed by atoms with Crippen LogP contribution in [0.15, 0.2) is 97.1 Å². The van der Waals surface area contributed by atoms with E-state index < -0.39 is 72.5 Å². The number of aromatic carboxylic acids is 2. The smallest absolute Gasteiger partial charge is 0.460 e. The molecule has 4 aromatic rings. The van der Waals surface area contributed by atoms with Gasteiger partial charge in [0.05, 0.1) is 17.5 Å². The van der Waals surface area contributed by atoms with Gasteiger partial charge in [-0.15, -0.1) is 0 Å². The molecule has 4 rings (SSSR count). The number of hydrogen-bond donors (Lipinski definition) is 5. The molecule has 0 heterocycles. The summed E-state index contributed by atoms with van der Waals surface area (Å²) in [6.45, 7) is 7.81. The summed E-state index contributed by atoms with van der Waals surface area (Å²) in [6.07, 6.45) is -10.9. The number of aliphatic carboxylic acids is 2. The molecular formula is C46H44F13NO11. The standard InChI is InChI=1S/C17H17NO4.C14H10O3.C9H5F13O2.C6H12O2/c1-11-3-8-15(9-12(11)2)22-10-16(19)18-14-6-4-13(5-7-14)17(20)21;15-13(10-5-2-1-3-6-10)11-7-4-8-12(9-11)14(16)17;10-4(11,2-1-3(23)24)5(12,13)6(14,15)7(16,17)8(18,19)9(20,21)22;1-3-5(2)4-6(7)8/h3-9H,10H2,1-2H3,(H,18,19)(H,20,21);1-9H,(H,16,17);1-2H2,(H,23,24);5H,3-4H2,1-2H3,(H,7,8). The average Bonchev–Trinajstić information content (AvgIpc) is 3.28. The fourth-order valence-corrected chi connectivity index (χ4v) is 5.06.